The van der Waals surface area contributed by atoms with E-state index < -0.39 is 22.9 Å². The lowest BCUT2D eigenvalue weighted by atomic mass is 9.86. The predicted molar refractivity (Wildman–Crippen MR) is 59.0 cm³/mol. The molecule has 1 saturated carbocycles. The van der Waals surface area contributed by atoms with Crippen molar-refractivity contribution in [1.29, 1.82) is 0 Å². The van der Waals surface area contributed by atoms with Crippen molar-refractivity contribution in [2.75, 3.05) is 6.61 Å². The molecule has 0 amide bonds. The van der Waals surface area contributed by atoms with Crippen molar-refractivity contribution >= 4 is 5.97 Å². The van der Waals surface area contributed by atoms with Gasteiger partial charge >= 0.3 is 11.6 Å². The first kappa shape index (κ1) is 11.7. The summed E-state index contributed by atoms with van der Waals surface area (Å²) in [4.78, 5) is 23.0. The lowest BCUT2D eigenvalue weighted by Crippen LogP contribution is -2.23. The normalized spacial score (nSPS) is 15.4. The minimum atomic E-state index is -0.860. The average Bonchev–Trinajstić information content (AvgIpc) is 2.13. The van der Waals surface area contributed by atoms with Gasteiger partial charge in [0.05, 0.1) is 6.61 Å². The fourth-order valence-electron chi connectivity index (χ4n) is 1.71. The fraction of sp³-hybridized carbons (Fsp3) is 0.500. The van der Waals surface area contributed by atoms with Crippen LogP contribution in [0.5, 0.6) is 5.75 Å². The van der Waals surface area contributed by atoms with Gasteiger partial charge < -0.3 is 14.3 Å². The molecular formula is C12H14O5. The van der Waals surface area contributed by atoms with Gasteiger partial charge in [0.25, 0.3) is 0 Å². The zero-order valence-corrected chi connectivity index (χ0v) is 9.56. The average molecular weight is 238 g/mol. The molecule has 0 saturated heterocycles. The maximum Gasteiger partial charge on any atom is 0.354 e. The molecule has 92 valence electrons. The molecule has 1 aliphatic rings. The number of hydrogen-bond donors (Lipinski definition) is 1. The second-order valence-corrected chi connectivity index (χ2v) is 4.30. The van der Waals surface area contributed by atoms with Gasteiger partial charge in [-0.05, 0) is 25.7 Å². The van der Waals surface area contributed by atoms with E-state index in [2.05, 4.69) is 0 Å². The quantitative estimate of drug-likeness (QED) is 0.809. The first-order chi connectivity index (χ1) is 8.08. The van der Waals surface area contributed by atoms with Crippen molar-refractivity contribution in [2.45, 2.75) is 26.2 Å². The number of carbonyl (C=O) groups excluding carboxylic acids is 1. The van der Waals surface area contributed by atoms with E-state index in [4.69, 9.17) is 9.15 Å². The van der Waals surface area contributed by atoms with E-state index in [0.717, 1.165) is 19.3 Å². The topological polar surface area (TPSA) is 76.7 Å². The predicted octanol–water partition coefficient (Wildman–Crippen LogP) is 1.61. The molecule has 1 aliphatic carbocycles. The van der Waals surface area contributed by atoms with Gasteiger partial charge in [0.2, 0.25) is 0 Å². The summed E-state index contributed by atoms with van der Waals surface area (Å²) in [6, 6.07) is 1.22. The summed E-state index contributed by atoms with van der Waals surface area (Å²) >= 11 is 0. The van der Waals surface area contributed by atoms with E-state index in [-0.39, 0.29) is 5.76 Å². The Morgan fingerprint density at radius 3 is 2.82 bits per heavy atom. The Bertz CT molecular complexity index is 484. The van der Waals surface area contributed by atoms with Crippen molar-refractivity contribution in [2.24, 2.45) is 5.92 Å². The highest BCUT2D eigenvalue weighted by atomic mass is 16.5. The Labute approximate surface area is 98.0 Å². The molecule has 0 radical (unpaired) electrons. The maximum atomic E-state index is 11.6. The van der Waals surface area contributed by atoms with Crippen LogP contribution in [0.15, 0.2) is 15.3 Å². The van der Waals surface area contributed by atoms with Gasteiger partial charge in [0.1, 0.15) is 11.5 Å². The van der Waals surface area contributed by atoms with Gasteiger partial charge in [0, 0.05) is 6.07 Å². The highest BCUT2D eigenvalue weighted by molar-refractivity contribution is 5.91. The van der Waals surface area contributed by atoms with E-state index >= 15 is 0 Å². The van der Waals surface area contributed by atoms with Gasteiger partial charge in [-0.1, -0.05) is 6.42 Å². The minimum absolute atomic E-state index is 0.253. The number of rotatable bonds is 3. The summed E-state index contributed by atoms with van der Waals surface area (Å²) in [5.74, 6) is -0.567. The molecule has 2 rings (SSSR count). The molecule has 0 aromatic carbocycles. The van der Waals surface area contributed by atoms with Gasteiger partial charge in [0.15, 0.2) is 5.56 Å². The Hall–Kier alpha value is -1.78. The Balaban J connectivity index is 2.10. The molecule has 0 bridgehead atoms. The number of ether oxygens (including phenoxy) is 1. The summed E-state index contributed by atoms with van der Waals surface area (Å²) in [7, 11) is 0. The van der Waals surface area contributed by atoms with Crippen LogP contribution in [0.3, 0.4) is 0 Å². The lowest BCUT2D eigenvalue weighted by molar-refractivity contribution is 0.0363. The zero-order chi connectivity index (χ0) is 12.4. The number of carbonyl (C=O) groups is 1. The third-order valence-corrected chi connectivity index (χ3v) is 2.93. The molecule has 0 spiro atoms. The molecule has 1 aromatic heterocycles. The molecule has 1 heterocycles. The molecule has 0 atom stereocenters. The molecular weight excluding hydrogens is 224 g/mol. The largest absolute Gasteiger partial charge is 0.507 e. The summed E-state index contributed by atoms with van der Waals surface area (Å²) in [6.45, 7) is 1.82. The van der Waals surface area contributed by atoms with Crippen LogP contribution >= 0.6 is 0 Å². The number of aromatic hydroxyl groups is 1. The van der Waals surface area contributed by atoms with Gasteiger partial charge in [-0.3, -0.25) is 0 Å². The van der Waals surface area contributed by atoms with Crippen molar-refractivity contribution in [3.05, 3.63) is 27.8 Å². The van der Waals surface area contributed by atoms with E-state index in [1.165, 1.54) is 13.0 Å². The minimum Gasteiger partial charge on any atom is -0.507 e. The first-order valence-corrected chi connectivity index (χ1v) is 5.58. The number of esters is 1. The van der Waals surface area contributed by atoms with Crippen LogP contribution in [0.1, 0.15) is 35.4 Å². The van der Waals surface area contributed by atoms with E-state index in [0.29, 0.717) is 12.5 Å². The molecule has 5 nitrogen and oxygen atoms in total. The van der Waals surface area contributed by atoms with Crippen molar-refractivity contribution < 1.29 is 19.1 Å². The van der Waals surface area contributed by atoms with E-state index in [9.17, 15) is 14.7 Å². The van der Waals surface area contributed by atoms with Gasteiger partial charge in [-0.2, -0.15) is 0 Å². The Morgan fingerprint density at radius 1 is 1.59 bits per heavy atom. The Kier molecular flexibility index (Phi) is 3.17. The van der Waals surface area contributed by atoms with Crippen LogP contribution in [-0.2, 0) is 4.74 Å². The highest BCUT2D eigenvalue weighted by Gasteiger charge is 2.23. The fourth-order valence-corrected chi connectivity index (χ4v) is 1.71. The van der Waals surface area contributed by atoms with Crippen molar-refractivity contribution in [3.63, 3.8) is 0 Å². The third kappa shape index (κ3) is 2.49. The highest BCUT2D eigenvalue weighted by Crippen LogP contribution is 2.26. The third-order valence-electron chi connectivity index (χ3n) is 2.93. The monoisotopic (exact) mass is 238 g/mol. The summed E-state index contributed by atoms with van der Waals surface area (Å²) in [5, 5.41) is 9.52. The summed E-state index contributed by atoms with van der Waals surface area (Å²) in [6.07, 6.45) is 3.24. The van der Waals surface area contributed by atoms with Crippen molar-refractivity contribution in [3.8, 4) is 5.75 Å². The van der Waals surface area contributed by atoms with E-state index in [1.807, 2.05) is 0 Å². The SMILES string of the molecule is Cc1cc(O)c(C(=O)OCC2CCC2)c(=O)o1. The number of hydrogen-bond acceptors (Lipinski definition) is 5. The first-order valence-electron chi connectivity index (χ1n) is 5.58. The number of aryl methyl sites for hydroxylation is 1. The summed E-state index contributed by atoms with van der Waals surface area (Å²) in [5.41, 5.74) is -1.28. The standard InChI is InChI=1S/C12H14O5/c1-7-5-9(13)10(12(15)17-7)11(14)16-6-8-3-2-4-8/h5,8,13H,2-4,6H2,1H3. The molecule has 1 aromatic rings. The van der Waals surface area contributed by atoms with E-state index in [1.54, 1.807) is 0 Å². The molecule has 1 N–H and O–H groups in total. The van der Waals surface area contributed by atoms with Crippen molar-refractivity contribution in [1.82, 2.24) is 0 Å². The van der Waals surface area contributed by atoms with Crippen LogP contribution in [0, 0.1) is 12.8 Å². The zero-order valence-electron chi connectivity index (χ0n) is 9.56. The summed E-state index contributed by atoms with van der Waals surface area (Å²) < 4.78 is 9.72. The molecule has 17 heavy (non-hydrogen) atoms. The second kappa shape index (κ2) is 4.61. The van der Waals surface area contributed by atoms with Crippen LogP contribution in [0.4, 0.5) is 0 Å². The van der Waals surface area contributed by atoms with Gasteiger partial charge in [-0.25, -0.2) is 9.59 Å². The molecule has 0 unspecified atom stereocenters. The second-order valence-electron chi connectivity index (χ2n) is 4.30. The van der Waals surface area contributed by atoms with Gasteiger partial charge in [-0.15, -0.1) is 0 Å². The van der Waals surface area contributed by atoms with Crippen LogP contribution in [0.2, 0.25) is 0 Å². The lowest BCUT2D eigenvalue weighted by Gasteiger charge is -2.24. The van der Waals surface area contributed by atoms with Crippen LogP contribution in [0.25, 0.3) is 0 Å². The van der Waals surface area contributed by atoms with Crippen LogP contribution in [-0.4, -0.2) is 17.7 Å². The van der Waals surface area contributed by atoms with Crippen LogP contribution < -0.4 is 5.63 Å². The smallest absolute Gasteiger partial charge is 0.354 e. The molecule has 5 heteroatoms. The Morgan fingerprint density at radius 2 is 2.29 bits per heavy atom. The molecule has 0 aliphatic heterocycles. The maximum absolute atomic E-state index is 11.6. The molecule has 1 fully saturated rings.